The van der Waals surface area contributed by atoms with Crippen LogP contribution < -0.4 is 0 Å². The van der Waals surface area contributed by atoms with Crippen LogP contribution in [0.3, 0.4) is 0 Å². The average molecular weight is 353 g/mol. The molecule has 1 aliphatic heterocycles. The van der Waals surface area contributed by atoms with Crippen molar-refractivity contribution in [3.63, 3.8) is 0 Å². The third-order valence-electron chi connectivity index (χ3n) is 5.74. The molecule has 0 bridgehead atoms. The number of aryl methyl sites for hydroxylation is 1. The Kier molecular flexibility index (Phi) is 4.05. The normalized spacial score (nSPS) is 21.8. The molecule has 4 rings (SSSR count). The zero-order valence-electron chi connectivity index (χ0n) is 15.1. The highest BCUT2D eigenvalue weighted by molar-refractivity contribution is 5.95. The summed E-state index contributed by atoms with van der Waals surface area (Å²) >= 11 is 0. The van der Waals surface area contributed by atoms with E-state index in [1.54, 1.807) is 4.90 Å². The monoisotopic (exact) mass is 353 g/mol. The van der Waals surface area contributed by atoms with Gasteiger partial charge in [-0.25, -0.2) is 4.68 Å². The maximum absolute atomic E-state index is 13.1. The second kappa shape index (κ2) is 6.27. The van der Waals surface area contributed by atoms with Crippen molar-refractivity contribution in [1.29, 1.82) is 0 Å². The molecule has 1 fully saturated rings. The Morgan fingerprint density at radius 1 is 1.19 bits per heavy atom. The van der Waals surface area contributed by atoms with Gasteiger partial charge in [0.15, 0.2) is 5.69 Å². The quantitative estimate of drug-likeness (QED) is 0.920. The number of carboxylic acid groups (broad SMARTS) is 1. The lowest BCUT2D eigenvalue weighted by molar-refractivity contribution is -0.142. The number of fused-ring (bicyclic) bond motifs is 1. The Labute approximate surface area is 152 Å². The molecule has 1 N–H and O–H groups in total. The van der Waals surface area contributed by atoms with Gasteiger partial charge in [-0.3, -0.25) is 9.59 Å². The van der Waals surface area contributed by atoms with Crippen LogP contribution in [0.25, 0.3) is 5.69 Å². The molecule has 1 aliphatic carbocycles. The standard InChI is InChI=1S/C20H23N3O3/c1-12-6-8-14(9-7-12)23-17-5-3-4-16(17)18(21-23)19(24)22-11-10-15(13(22)2)20(25)26/h6-9,13,15H,3-5,10-11H2,1-2H3,(H,25,26). The molecular formula is C20H23N3O3. The number of likely N-dealkylation sites (tertiary alicyclic amines) is 1. The fourth-order valence-electron chi connectivity index (χ4n) is 4.20. The predicted molar refractivity (Wildman–Crippen MR) is 96.6 cm³/mol. The molecule has 26 heavy (non-hydrogen) atoms. The predicted octanol–water partition coefficient (Wildman–Crippen LogP) is 2.60. The van der Waals surface area contributed by atoms with Crippen LogP contribution in [-0.2, 0) is 17.6 Å². The van der Waals surface area contributed by atoms with E-state index in [1.165, 1.54) is 5.56 Å². The van der Waals surface area contributed by atoms with Gasteiger partial charge in [0.2, 0.25) is 0 Å². The summed E-state index contributed by atoms with van der Waals surface area (Å²) in [5.74, 6) is -1.46. The van der Waals surface area contributed by atoms with Gasteiger partial charge in [0, 0.05) is 23.8 Å². The molecule has 6 heteroatoms. The highest BCUT2D eigenvalue weighted by Gasteiger charge is 2.40. The molecule has 1 amide bonds. The maximum Gasteiger partial charge on any atom is 0.308 e. The molecule has 2 aliphatic rings. The van der Waals surface area contributed by atoms with Gasteiger partial charge in [-0.1, -0.05) is 17.7 Å². The van der Waals surface area contributed by atoms with Gasteiger partial charge >= 0.3 is 5.97 Å². The largest absolute Gasteiger partial charge is 0.481 e. The molecule has 2 heterocycles. The van der Waals surface area contributed by atoms with Crippen LogP contribution in [0.15, 0.2) is 24.3 Å². The van der Waals surface area contributed by atoms with Crippen LogP contribution in [0, 0.1) is 12.8 Å². The first-order chi connectivity index (χ1) is 12.5. The zero-order chi connectivity index (χ0) is 18.4. The molecule has 0 spiro atoms. The van der Waals surface area contributed by atoms with E-state index in [0.717, 1.165) is 36.2 Å². The topological polar surface area (TPSA) is 75.4 Å². The number of carbonyl (C=O) groups is 2. The second-order valence-electron chi connectivity index (χ2n) is 7.35. The van der Waals surface area contributed by atoms with Crippen LogP contribution >= 0.6 is 0 Å². The number of aromatic nitrogens is 2. The van der Waals surface area contributed by atoms with Crippen molar-refractivity contribution in [3.05, 3.63) is 46.8 Å². The minimum Gasteiger partial charge on any atom is -0.481 e. The fourth-order valence-corrected chi connectivity index (χ4v) is 4.20. The number of hydrogen-bond acceptors (Lipinski definition) is 3. The van der Waals surface area contributed by atoms with Crippen molar-refractivity contribution in [1.82, 2.24) is 14.7 Å². The molecule has 0 radical (unpaired) electrons. The molecule has 1 saturated heterocycles. The van der Waals surface area contributed by atoms with Gasteiger partial charge in [-0.2, -0.15) is 5.10 Å². The van der Waals surface area contributed by atoms with Crippen LogP contribution in [0.4, 0.5) is 0 Å². The first-order valence-electron chi connectivity index (χ1n) is 9.19. The lowest BCUT2D eigenvalue weighted by Crippen LogP contribution is -2.38. The van der Waals surface area contributed by atoms with Crippen molar-refractivity contribution in [2.24, 2.45) is 5.92 Å². The third-order valence-corrected chi connectivity index (χ3v) is 5.74. The van der Waals surface area contributed by atoms with Crippen molar-refractivity contribution < 1.29 is 14.7 Å². The smallest absolute Gasteiger partial charge is 0.308 e. The van der Waals surface area contributed by atoms with Crippen molar-refractivity contribution in [3.8, 4) is 5.69 Å². The van der Waals surface area contributed by atoms with Crippen LogP contribution in [-0.4, -0.2) is 44.3 Å². The molecule has 2 aromatic rings. The van der Waals surface area contributed by atoms with Gasteiger partial charge in [0.25, 0.3) is 5.91 Å². The Bertz CT molecular complexity index is 869. The van der Waals surface area contributed by atoms with E-state index in [1.807, 2.05) is 42.8 Å². The first kappa shape index (κ1) is 16.8. The highest BCUT2D eigenvalue weighted by Crippen LogP contribution is 2.31. The van der Waals surface area contributed by atoms with E-state index in [-0.39, 0.29) is 11.9 Å². The summed E-state index contributed by atoms with van der Waals surface area (Å²) in [5, 5.41) is 14.0. The van der Waals surface area contributed by atoms with Gasteiger partial charge < -0.3 is 10.0 Å². The van der Waals surface area contributed by atoms with E-state index in [9.17, 15) is 14.7 Å². The third kappa shape index (κ3) is 2.60. The molecule has 2 atom stereocenters. The summed E-state index contributed by atoms with van der Waals surface area (Å²) in [6.07, 6.45) is 3.29. The molecule has 1 aromatic heterocycles. The summed E-state index contributed by atoms with van der Waals surface area (Å²) < 4.78 is 1.89. The van der Waals surface area contributed by atoms with E-state index in [2.05, 4.69) is 5.10 Å². The molecular weight excluding hydrogens is 330 g/mol. The summed E-state index contributed by atoms with van der Waals surface area (Å²) in [7, 11) is 0. The zero-order valence-corrected chi connectivity index (χ0v) is 15.1. The van der Waals surface area contributed by atoms with Crippen molar-refractivity contribution in [2.45, 2.75) is 45.6 Å². The lowest BCUT2D eigenvalue weighted by atomic mass is 10.0. The molecule has 136 valence electrons. The number of amides is 1. The SMILES string of the molecule is Cc1ccc(-n2nc(C(=O)N3CCC(C(=O)O)C3C)c3c2CCC3)cc1. The molecule has 0 saturated carbocycles. The van der Waals surface area contributed by atoms with Gasteiger partial charge in [0.05, 0.1) is 11.6 Å². The minimum atomic E-state index is -0.830. The van der Waals surface area contributed by atoms with E-state index < -0.39 is 11.9 Å². The molecule has 6 nitrogen and oxygen atoms in total. The Balaban J connectivity index is 1.70. The van der Waals surface area contributed by atoms with E-state index in [0.29, 0.717) is 18.7 Å². The molecule has 1 aromatic carbocycles. The Morgan fingerprint density at radius 2 is 1.92 bits per heavy atom. The highest BCUT2D eigenvalue weighted by atomic mass is 16.4. The minimum absolute atomic E-state index is 0.134. The van der Waals surface area contributed by atoms with Gasteiger partial charge in [0.1, 0.15) is 0 Å². The maximum atomic E-state index is 13.1. The fraction of sp³-hybridized carbons (Fsp3) is 0.450. The Morgan fingerprint density at radius 3 is 2.58 bits per heavy atom. The van der Waals surface area contributed by atoms with Crippen LogP contribution in [0.5, 0.6) is 0 Å². The number of carboxylic acids is 1. The number of carbonyl (C=O) groups excluding carboxylic acids is 1. The van der Waals surface area contributed by atoms with Crippen molar-refractivity contribution in [2.75, 3.05) is 6.54 Å². The van der Waals surface area contributed by atoms with Gasteiger partial charge in [-0.05, 0) is 51.7 Å². The summed E-state index contributed by atoms with van der Waals surface area (Å²) in [4.78, 5) is 26.2. The van der Waals surface area contributed by atoms with Crippen molar-refractivity contribution >= 4 is 11.9 Å². The van der Waals surface area contributed by atoms with Gasteiger partial charge in [-0.15, -0.1) is 0 Å². The van der Waals surface area contributed by atoms with Crippen LogP contribution in [0.2, 0.25) is 0 Å². The summed E-state index contributed by atoms with van der Waals surface area (Å²) in [6, 6.07) is 7.82. The first-order valence-corrected chi connectivity index (χ1v) is 9.19. The number of nitrogens with zero attached hydrogens (tertiary/aromatic N) is 3. The number of hydrogen-bond donors (Lipinski definition) is 1. The Hall–Kier alpha value is -2.63. The second-order valence-corrected chi connectivity index (χ2v) is 7.35. The van der Waals surface area contributed by atoms with Crippen LogP contribution in [0.1, 0.15) is 47.1 Å². The van der Waals surface area contributed by atoms with E-state index >= 15 is 0 Å². The number of benzene rings is 1. The summed E-state index contributed by atoms with van der Waals surface area (Å²) in [5.41, 5.74) is 4.78. The lowest BCUT2D eigenvalue weighted by Gasteiger charge is -2.22. The number of rotatable bonds is 3. The number of aliphatic carboxylic acids is 1. The summed E-state index contributed by atoms with van der Waals surface area (Å²) in [6.45, 7) is 4.34. The average Bonchev–Trinajstić information content (AvgIpc) is 3.29. The molecule has 2 unspecified atom stereocenters. The van der Waals surface area contributed by atoms with E-state index in [4.69, 9.17) is 0 Å².